The Bertz CT molecular complexity index is 691. The SMILES string of the molecule is CCC(Oc1ccccc1)C(=O)Nc1cc(Cl)c(OC)cc1OC. The minimum Gasteiger partial charge on any atom is -0.495 e. The van der Waals surface area contributed by atoms with Gasteiger partial charge in [-0.3, -0.25) is 4.79 Å². The summed E-state index contributed by atoms with van der Waals surface area (Å²) in [6.45, 7) is 1.88. The smallest absolute Gasteiger partial charge is 0.265 e. The molecule has 0 aromatic heterocycles. The van der Waals surface area contributed by atoms with Crippen LogP contribution in [-0.2, 0) is 4.79 Å². The van der Waals surface area contributed by atoms with Gasteiger partial charge in [0.05, 0.1) is 24.9 Å². The van der Waals surface area contributed by atoms with Gasteiger partial charge in [0.2, 0.25) is 0 Å². The highest BCUT2D eigenvalue weighted by molar-refractivity contribution is 6.32. The molecule has 0 spiro atoms. The van der Waals surface area contributed by atoms with Gasteiger partial charge in [0.1, 0.15) is 17.2 Å². The third-order valence-corrected chi connectivity index (χ3v) is 3.71. The molecule has 6 heteroatoms. The molecular formula is C18H20ClNO4. The van der Waals surface area contributed by atoms with E-state index in [9.17, 15) is 4.79 Å². The summed E-state index contributed by atoms with van der Waals surface area (Å²) < 4.78 is 16.2. The van der Waals surface area contributed by atoms with Gasteiger partial charge in [-0.25, -0.2) is 0 Å². The van der Waals surface area contributed by atoms with Crippen molar-refractivity contribution in [2.45, 2.75) is 19.4 Å². The normalized spacial score (nSPS) is 11.5. The summed E-state index contributed by atoms with van der Waals surface area (Å²) in [6.07, 6.45) is -0.106. The average molecular weight is 350 g/mol. The first-order valence-corrected chi connectivity index (χ1v) is 7.91. The van der Waals surface area contributed by atoms with E-state index in [2.05, 4.69) is 5.32 Å². The Morgan fingerprint density at radius 1 is 1.12 bits per heavy atom. The summed E-state index contributed by atoms with van der Waals surface area (Å²) in [5.74, 6) is 1.29. The summed E-state index contributed by atoms with van der Waals surface area (Å²) >= 11 is 6.12. The number of carbonyl (C=O) groups is 1. The highest BCUT2D eigenvalue weighted by Gasteiger charge is 2.21. The van der Waals surface area contributed by atoms with Crippen LogP contribution in [0.15, 0.2) is 42.5 Å². The first-order valence-electron chi connectivity index (χ1n) is 7.53. The van der Waals surface area contributed by atoms with E-state index in [-0.39, 0.29) is 5.91 Å². The van der Waals surface area contributed by atoms with Gasteiger partial charge in [-0.1, -0.05) is 36.7 Å². The van der Waals surface area contributed by atoms with E-state index in [1.54, 1.807) is 24.3 Å². The minimum absolute atomic E-state index is 0.277. The van der Waals surface area contributed by atoms with Crippen LogP contribution in [0.5, 0.6) is 17.2 Å². The number of hydrogen-bond acceptors (Lipinski definition) is 4. The van der Waals surface area contributed by atoms with Crippen LogP contribution in [-0.4, -0.2) is 26.2 Å². The summed E-state index contributed by atoms with van der Waals surface area (Å²) in [7, 11) is 3.02. The zero-order valence-corrected chi connectivity index (χ0v) is 14.6. The number of methoxy groups -OCH3 is 2. The molecule has 128 valence electrons. The van der Waals surface area contributed by atoms with Gasteiger partial charge in [0, 0.05) is 6.07 Å². The van der Waals surface area contributed by atoms with E-state index in [4.69, 9.17) is 25.8 Å². The number of anilines is 1. The lowest BCUT2D eigenvalue weighted by atomic mass is 10.2. The van der Waals surface area contributed by atoms with Gasteiger partial charge in [0.15, 0.2) is 6.10 Å². The maximum atomic E-state index is 12.5. The largest absolute Gasteiger partial charge is 0.495 e. The molecule has 2 rings (SSSR count). The quantitative estimate of drug-likeness (QED) is 0.815. The van der Waals surface area contributed by atoms with Crippen molar-refractivity contribution in [1.82, 2.24) is 0 Å². The number of hydrogen-bond donors (Lipinski definition) is 1. The maximum absolute atomic E-state index is 12.5. The Hall–Kier alpha value is -2.40. The molecule has 2 aromatic carbocycles. The van der Waals surface area contributed by atoms with Crippen molar-refractivity contribution in [2.75, 3.05) is 19.5 Å². The summed E-state index contributed by atoms with van der Waals surface area (Å²) in [4.78, 5) is 12.5. The molecule has 1 amide bonds. The molecule has 2 aromatic rings. The van der Waals surface area contributed by atoms with Gasteiger partial charge in [-0.05, 0) is 24.6 Å². The molecule has 24 heavy (non-hydrogen) atoms. The number of rotatable bonds is 7. The highest BCUT2D eigenvalue weighted by Crippen LogP contribution is 2.36. The van der Waals surface area contributed by atoms with E-state index in [1.165, 1.54) is 14.2 Å². The first-order chi connectivity index (χ1) is 11.6. The van der Waals surface area contributed by atoms with E-state index in [0.29, 0.717) is 34.4 Å². The van der Waals surface area contributed by atoms with E-state index in [1.807, 2.05) is 25.1 Å². The zero-order valence-electron chi connectivity index (χ0n) is 13.8. The fraction of sp³-hybridized carbons (Fsp3) is 0.278. The van der Waals surface area contributed by atoms with Crippen LogP contribution in [0.1, 0.15) is 13.3 Å². The van der Waals surface area contributed by atoms with Crippen LogP contribution < -0.4 is 19.5 Å². The lowest BCUT2D eigenvalue weighted by Crippen LogP contribution is -2.32. The van der Waals surface area contributed by atoms with E-state index < -0.39 is 6.10 Å². The van der Waals surface area contributed by atoms with Crippen molar-refractivity contribution in [3.8, 4) is 17.2 Å². The third-order valence-electron chi connectivity index (χ3n) is 3.42. The molecule has 1 atom stereocenters. The topological polar surface area (TPSA) is 56.8 Å². The van der Waals surface area contributed by atoms with Crippen LogP contribution in [0.2, 0.25) is 5.02 Å². The number of ether oxygens (including phenoxy) is 3. The molecule has 0 aliphatic carbocycles. The predicted octanol–water partition coefficient (Wildman–Crippen LogP) is 4.15. The lowest BCUT2D eigenvalue weighted by molar-refractivity contribution is -0.122. The van der Waals surface area contributed by atoms with Crippen molar-refractivity contribution < 1.29 is 19.0 Å². The standard InChI is InChI=1S/C18H20ClNO4/c1-4-15(24-12-8-6-5-7-9-12)18(21)20-14-10-13(19)16(22-2)11-17(14)23-3/h5-11,15H,4H2,1-3H3,(H,20,21). The Labute approximate surface area is 146 Å². The summed E-state index contributed by atoms with van der Waals surface area (Å²) in [5, 5.41) is 3.18. The second-order valence-electron chi connectivity index (χ2n) is 5.00. The molecule has 0 aliphatic rings. The van der Waals surface area contributed by atoms with Crippen LogP contribution in [0.4, 0.5) is 5.69 Å². The molecule has 1 N–H and O–H groups in total. The molecule has 0 saturated carbocycles. The van der Waals surface area contributed by atoms with Gasteiger partial charge in [-0.15, -0.1) is 0 Å². The van der Waals surface area contributed by atoms with Gasteiger partial charge < -0.3 is 19.5 Å². The average Bonchev–Trinajstić information content (AvgIpc) is 2.60. The molecule has 0 radical (unpaired) electrons. The maximum Gasteiger partial charge on any atom is 0.265 e. The first kappa shape index (κ1) is 17.9. The second-order valence-corrected chi connectivity index (χ2v) is 5.41. The second kappa shape index (κ2) is 8.45. The Morgan fingerprint density at radius 2 is 1.79 bits per heavy atom. The van der Waals surface area contributed by atoms with Crippen LogP contribution >= 0.6 is 11.6 Å². The van der Waals surface area contributed by atoms with E-state index in [0.717, 1.165) is 0 Å². The number of carbonyl (C=O) groups excluding carboxylic acids is 1. The molecule has 0 bridgehead atoms. The Kier molecular flexibility index (Phi) is 6.32. The van der Waals surface area contributed by atoms with Crippen molar-refractivity contribution in [2.24, 2.45) is 0 Å². The highest BCUT2D eigenvalue weighted by atomic mass is 35.5. The third kappa shape index (κ3) is 4.32. The van der Waals surface area contributed by atoms with Crippen LogP contribution in [0.25, 0.3) is 0 Å². The summed E-state index contributed by atoms with van der Waals surface area (Å²) in [6, 6.07) is 12.4. The number of amides is 1. The molecule has 0 fully saturated rings. The molecular weight excluding hydrogens is 330 g/mol. The molecule has 5 nitrogen and oxygen atoms in total. The van der Waals surface area contributed by atoms with Crippen LogP contribution in [0.3, 0.4) is 0 Å². The Morgan fingerprint density at radius 3 is 2.38 bits per heavy atom. The van der Waals surface area contributed by atoms with Gasteiger partial charge in [-0.2, -0.15) is 0 Å². The number of benzene rings is 2. The van der Waals surface area contributed by atoms with Crippen molar-refractivity contribution in [1.29, 1.82) is 0 Å². The van der Waals surface area contributed by atoms with Gasteiger partial charge >= 0.3 is 0 Å². The molecule has 0 heterocycles. The lowest BCUT2D eigenvalue weighted by Gasteiger charge is -2.19. The summed E-state index contributed by atoms with van der Waals surface area (Å²) in [5.41, 5.74) is 0.461. The molecule has 0 saturated heterocycles. The minimum atomic E-state index is -0.627. The van der Waals surface area contributed by atoms with E-state index >= 15 is 0 Å². The van der Waals surface area contributed by atoms with Gasteiger partial charge in [0.25, 0.3) is 5.91 Å². The predicted molar refractivity (Wildman–Crippen MR) is 94.3 cm³/mol. The zero-order chi connectivity index (χ0) is 17.5. The van der Waals surface area contributed by atoms with Crippen molar-refractivity contribution in [3.63, 3.8) is 0 Å². The fourth-order valence-electron chi connectivity index (χ4n) is 2.16. The number of para-hydroxylation sites is 1. The fourth-order valence-corrected chi connectivity index (χ4v) is 2.40. The van der Waals surface area contributed by atoms with Crippen LogP contribution in [0, 0.1) is 0 Å². The van der Waals surface area contributed by atoms with Crippen molar-refractivity contribution in [3.05, 3.63) is 47.5 Å². The number of halogens is 1. The molecule has 1 unspecified atom stereocenters. The molecule has 0 aliphatic heterocycles. The van der Waals surface area contributed by atoms with Crippen molar-refractivity contribution >= 4 is 23.2 Å². The Balaban J connectivity index is 2.16. The monoisotopic (exact) mass is 349 g/mol. The number of nitrogens with one attached hydrogen (secondary N) is 1.